The van der Waals surface area contributed by atoms with E-state index in [4.69, 9.17) is 5.11 Å². The first-order valence-corrected chi connectivity index (χ1v) is 7.60. The molecule has 2 rings (SSSR count). The second-order valence-electron chi connectivity index (χ2n) is 4.66. The molecule has 3 N–H and O–H groups in total. The van der Waals surface area contributed by atoms with Crippen LogP contribution in [0.5, 0.6) is 0 Å². The average Bonchev–Trinajstić information content (AvgIpc) is 2.91. The largest absolute Gasteiger partial charge is 0.477 e. The molecule has 0 spiro atoms. The maximum atomic E-state index is 12.4. The summed E-state index contributed by atoms with van der Waals surface area (Å²) in [5, 5.41) is 9.03. The van der Waals surface area contributed by atoms with Gasteiger partial charge in [-0.15, -0.1) is 0 Å². The first kappa shape index (κ1) is 15.3. The zero-order valence-corrected chi connectivity index (χ0v) is 12.7. The van der Waals surface area contributed by atoms with Crippen molar-refractivity contribution in [3.05, 3.63) is 35.2 Å². The molecule has 0 radical (unpaired) electrons. The number of carboxylic acids is 1. The predicted molar refractivity (Wildman–Crippen MR) is 74.5 cm³/mol. The minimum atomic E-state index is -3.83. The normalized spacial score (nSPS) is 11.8. The molecule has 0 aromatic carbocycles. The number of aromatic nitrogens is 3. The standard InChI is InChI=1S/C12H16N4O4S/c1-7-10(12(17)18)15-8(2)11(7)21(19,20)14-6-9-13-4-5-16(9)3/h4-5,14-15H,6H2,1-3H3,(H,17,18). The van der Waals surface area contributed by atoms with E-state index >= 15 is 0 Å². The van der Waals surface area contributed by atoms with E-state index in [1.165, 1.54) is 13.8 Å². The Morgan fingerprint density at radius 2 is 2.14 bits per heavy atom. The lowest BCUT2D eigenvalue weighted by Crippen LogP contribution is -2.25. The number of aryl methyl sites for hydroxylation is 2. The van der Waals surface area contributed by atoms with Crippen molar-refractivity contribution in [2.24, 2.45) is 7.05 Å². The molecular weight excluding hydrogens is 296 g/mol. The highest BCUT2D eigenvalue weighted by atomic mass is 32.2. The molecule has 9 heteroatoms. The molecule has 0 fully saturated rings. The third-order valence-electron chi connectivity index (χ3n) is 3.19. The van der Waals surface area contributed by atoms with Gasteiger partial charge in [-0.25, -0.2) is 22.9 Å². The second kappa shape index (κ2) is 5.34. The predicted octanol–water partition coefficient (Wildman–Crippen LogP) is 0.542. The van der Waals surface area contributed by atoms with E-state index < -0.39 is 16.0 Å². The number of aromatic carboxylic acids is 1. The van der Waals surface area contributed by atoms with Crippen molar-refractivity contribution in [2.75, 3.05) is 0 Å². The average molecular weight is 312 g/mol. The number of aromatic amines is 1. The van der Waals surface area contributed by atoms with E-state index in [2.05, 4.69) is 14.7 Å². The fourth-order valence-corrected chi connectivity index (χ4v) is 3.57. The van der Waals surface area contributed by atoms with Gasteiger partial charge in [-0.3, -0.25) is 0 Å². The van der Waals surface area contributed by atoms with Gasteiger partial charge in [-0.1, -0.05) is 0 Å². The maximum absolute atomic E-state index is 12.4. The summed E-state index contributed by atoms with van der Waals surface area (Å²) in [5.74, 6) is -0.635. The van der Waals surface area contributed by atoms with E-state index in [1.807, 2.05) is 0 Å². The number of carbonyl (C=O) groups is 1. The Balaban J connectivity index is 2.32. The number of imidazole rings is 1. The van der Waals surface area contributed by atoms with Crippen molar-refractivity contribution in [3.63, 3.8) is 0 Å². The summed E-state index contributed by atoms with van der Waals surface area (Å²) >= 11 is 0. The van der Waals surface area contributed by atoms with Crippen LogP contribution < -0.4 is 4.72 Å². The Kier molecular flexibility index (Phi) is 3.88. The minimum absolute atomic E-state index is 0.0261. The molecule has 8 nitrogen and oxygen atoms in total. The quantitative estimate of drug-likeness (QED) is 0.745. The van der Waals surface area contributed by atoms with Crippen LogP contribution in [0.15, 0.2) is 17.3 Å². The van der Waals surface area contributed by atoms with Crippen LogP contribution in [-0.4, -0.2) is 34.0 Å². The molecule has 0 saturated heterocycles. The van der Waals surface area contributed by atoms with Gasteiger partial charge in [0.25, 0.3) is 0 Å². The minimum Gasteiger partial charge on any atom is -0.477 e. The highest BCUT2D eigenvalue weighted by Crippen LogP contribution is 2.23. The summed E-state index contributed by atoms with van der Waals surface area (Å²) in [7, 11) is -2.07. The van der Waals surface area contributed by atoms with E-state index in [1.54, 1.807) is 24.0 Å². The lowest BCUT2D eigenvalue weighted by molar-refractivity contribution is 0.0690. The first-order chi connectivity index (χ1) is 9.74. The Labute approximate surface area is 121 Å². The molecular formula is C12H16N4O4S. The van der Waals surface area contributed by atoms with Gasteiger partial charge >= 0.3 is 5.97 Å². The zero-order valence-electron chi connectivity index (χ0n) is 11.8. The molecule has 0 aliphatic heterocycles. The SMILES string of the molecule is Cc1[nH]c(C(=O)O)c(C)c1S(=O)(=O)NCc1nccn1C. The van der Waals surface area contributed by atoms with Gasteiger partial charge in [0, 0.05) is 30.7 Å². The molecule has 0 saturated carbocycles. The number of nitrogens with one attached hydrogen (secondary N) is 2. The summed E-state index contributed by atoms with van der Waals surface area (Å²) < 4.78 is 28.8. The van der Waals surface area contributed by atoms with Crippen molar-refractivity contribution in [1.29, 1.82) is 0 Å². The van der Waals surface area contributed by atoms with Crippen molar-refractivity contribution in [1.82, 2.24) is 19.3 Å². The molecule has 0 bridgehead atoms. The Hall–Kier alpha value is -2.13. The summed E-state index contributed by atoms with van der Waals surface area (Å²) in [6, 6.07) is 0. The Morgan fingerprint density at radius 1 is 1.48 bits per heavy atom. The zero-order chi connectivity index (χ0) is 15.8. The highest BCUT2D eigenvalue weighted by molar-refractivity contribution is 7.89. The van der Waals surface area contributed by atoms with Gasteiger partial charge in [0.15, 0.2) is 0 Å². The first-order valence-electron chi connectivity index (χ1n) is 6.12. The smallest absolute Gasteiger partial charge is 0.352 e. The van der Waals surface area contributed by atoms with Crippen LogP contribution >= 0.6 is 0 Å². The monoisotopic (exact) mass is 312 g/mol. The highest BCUT2D eigenvalue weighted by Gasteiger charge is 2.26. The van der Waals surface area contributed by atoms with E-state index in [0.717, 1.165) is 0 Å². The fraction of sp³-hybridized carbons (Fsp3) is 0.333. The third kappa shape index (κ3) is 2.83. The number of nitrogens with zero attached hydrogens (tertiary/aromatic N) is 2. The van der Waals surface area contributed by atoms with E-state index in [0.29, 0.717) is 5.82 Å². The lowest BCUT2D eigenvalue weighted by atomic mass is 10.2. The molecule has 0 atom stereocenters. The molecule has 21 heavy (non-hydrogen) atoms. The molecule has 0 aliphatic rings. The van der Waals surface area contributed by atoms with Gasteiger partial charge in [0.1, 0.15) is 16.4 Å². The van der Waals surface area contributed by atoms with Crippen LogP contribution in [0.25, 0.3) is 0 Å². The molecule has 2 aromatic heterocycles. The number of carboxylic acid groups (broad SMARTS) is 1. The van der Waals surface area contributed by atoms with Crippen LogP contribution in [0.4, 0.5) is 0 Å². The van der Waals surface area contributed by atoms with E-state index in [-0.39, 0.29) is 28.4 Å². The topological polar surface area (TPSA) is 117 Å². The van der Waals surface area contributed by atoms with Crippen molar-refractivity contribution in [2.45, 2.75) is 25.3 Å². The molecule has 2 aromatic rings. The number of H-pyrrole nitrogens is 1. The molecule has 0 unspecified atom stereocenters. The number of hydrogen-bond acceptors (Lipinski definition) is 4. The summed E-state index contributed by atoms with van der Waals surface area (Å²) in [6.07, 6.45) is 3.28. The van der Waals surface area contributed by atoms with E-state index in [9.17, 15) is 13.2 Å². The van der Waals surface area contributed by atoms with Gasteiger partial charge in [-0.2, -0.15) is 0 Å². The summed E-state index contributed by atoms with van der Waals surface area (Å²) in [6.45, 7) is 3.01. The Bertz CT molecular complexity index is 788. The van der Waals surface area contributed by atoms with Gasteiger partial charge in [0.2, 0.25) is 10.0 Å². The van der Waals surface area contributed by atoms with Crippen LogP contribution in [0.3, 0.4) is 0 Å². The molecule has 0 amide bonds. The Morgan fingerprint density at radius 3 is 2.62 bits per heavy atom. The molecule has 114 valence electrons. The number of rotatable bonds is 5. The number of hydrogen-bond donors (Lipinski definition) is 3. The van der Waals surface area contributed by atoms with Gasteiger partial charge < -0.3 is 14.7 Å². The van der Waals surface area contributed by atoms with Crippen molar-refractivity contribution < 1.29 is 18.3 Å². The number of sulfonamides is 1. The van der Waals surface area contributed by atoms with Crippen molar-refractivity contribution >= 4 is 16.0 Å². The van der Waals surface area contributed by atoms with Crippen LogP contribution in [-0.2, 0) is 23.6 Å². The summed E-state index contributed by atoms with van der Waals surface area (Å²) in [5.41, 5.74) is 0.356. The fourth-order valence-electron chi connectivity index (χ4n) is 2.15. The molecule has 2 heterocycles. The second-order valence-corrected chi connectivity index (χ2v) is 6.37. The molecule has 0 aliphatic carbocycles. The van der Waals surface area contributed by atoms with Crippen LogP contribution in [0.1, 0.15) is 27.6 Å². The lowest BCUT2D eigenvalue weighted by Gasteiger charge is -2.07. The van der Waals surface area contributed by atoms with Crippen LogP contribution in [0.2, 0.25) is 0 Å². The summed E-state index contributed by atoms with van der Waals surface area (Å²) in [4.78, 5) is 17.6. The third-order valence-corrected chi connectivity index (χ3v) is 4.87. The van der Waals surface area contributed by atoms with Crippen molar-refractivity contribution in [3.8, 4) is 0 Å². The van der Waals surface area contributed by atoms with Crippen LogP contribution in [0, 0.1) is 13.8 Å². The van der Waals surface area contributed by atoms with Gasteiger partial charge in [-0.05, 0) is 13.8 Å². The maximum Gasteiger partial charge on any atom is 0.352 e. The van der Waals surface area contributed by atoms with Gasteiger partial charge in [0.05, 0.1) is 6.54 Å².